The van der Waals surface area contributed by atoms with Crippen molar-refractivity contribution in [2.24, 2.45) is 23.5 Å². The Morgan fingerprint density at radius 3 is 2.50 bits per heavy atom. The third-order valence-corrected chi connectivity index (χ3v) is 7.05. The second-order valence-corrected chi connectivity index (χ2v) is 8.73. The number of fused-ring (bicyclic) bond motifs is 2. The number of amides is 1. The standard InChI is InChI=1S/C20H26ClFN2O.ClH/c21-17-10-15(22)4-5-16(17)20(6-7-20)11-24-19(25)14-8-12-2-1-3-13(9-14)18(12)23;/h4-5,10,12-14,18H,1-3,6-9,11,23H2,(H,24,25);1H. The number of carbonyl (C=O) groups is 1. The van der Waals surface area contributed by atoms with Gasteiger partial charge >= 0.3 is 0 Å². The molecular formula is C20H27Cl2FN2O. The van der Waals surface area contributed by atoms with Crippen molar-refractivity contribution < 1.29 is 9.18 Å². The molecule has 0 heterocycles. The number of nitrogens with one attached hydrogen (secondary N) is 1. The average molecular weight is 401 g/mol. The Hall–Kier alpha value is -0.840. The normalized spacial score (nSPS) is 31.7. The maximum absolute atomic E-state index is 13.3. The lowest BCUT2D eigenvalue weighted by Gasteiger charge is -2.43. The van der Waals surface area contributed by atoms with Gasteiger partial charge in [0.05, 0.1) is 0 Å². The van der Waals surface area contributed by atoms with E-state index in [9.17, 15) is 9.18 Å². The van der Waals surface area contributed by atoms with Crippen molar-refractivity contribution in [3.05, 3.63) is 34.6 Å². The molecule has 0 spiro atoms. The van der Waals surface area contributed by atoms with E-state index in [2.05, 4.69) is 5.32 Å². The first-order chi connectivity index (χ1) is 12.0. The molecule has 3 N–H and O–H groups in total. The van der Waals surface area contributed by atoms with Crippen LogP contribution in [0.2, 0.25) is 5.02 Å². The van der Waals surface area contributed by atoms with Crippen molar-refractivity contribution in [2.45, 2.75) is 56.4 Å². The largest absolute Gasteiger partial charge is 0.355 e. The van der Waals surface area contributed by atoms with Crippen LogP contribution in [0, 0.1) is 23.6 Å². The molecule has 26 heavy (non-hydrogen) atoms. The highest BCUT2D eigenvalue weighted by molar-refractivity contribution is 6.31. The number of rotatable bonds is 4. The van der Waals surface area contributed by atoms with Crippen LogP contribution >= 0.6 is 24.0 Å². The SMILES string of the molecule is Cl.NC1C2CCCC1CC(C(=O)NCC1(c3ccc(F)cc3Cl)CC1)C2. The smallest absolute Gasteiger partial charge is 0.223 e. The fourth-order valence-electron chi connectivity index (χ4n) is 5.02. The molecule has 4 rings (SSSR count). The van der Waals surface area contributed by atoms with E-state index in [0.29, 0.717) is 23.4 Å². The molecule has 0 radical (unpaired) electrons. The Kier molecular flexibility index (Phi) is 5.86. The fraction of sp³-hybridized carbons (Fsp3) is 0.650. The van der Waals surface area contributed by atoms with Crippen LogP contribution in [0.1, 0.15) is 50.5 Å². The lowest BCUT2D eigenvalue weighted by Crippen LogP contribution is -2.49. The van der Waals surface area contributed by atoms with Crippen LogP contribution < -0.4 is 11.1 Å². The molecule has 3 aliphatic carbocycles. The summed E-state index contributed by atoms with van der Waals surface area (Å²) < 4.78 is 13.3. The highest BCUT2D eigenvalue weighted by Gasteiger charge is 2.46. The van der Waals surface area contributed by atoms with Crippen molar-refractivity contribution in [2.75, 3.05) is 6.54 Å². The van der Waals surface area contributed by atoms with Gasteiger partial charge in [-0.05, 0) is 68.1 Å². The van der Waals surface area contributed by atoms with E-state index < -0.39 is 0 Å². The van der Waals surface area contributed by atoms with Gasteiger partial charge < -0.3 is 11.1 Å². The summed E-state index contributed by atoms with van der Waals surface area (Å²) in [6.45, 7) is 0.592. The summed E-state index contributed by atoms with van der Waals surface area (Å²) in [4.78, 5) is 12.7. The number of hydrogen-bond acceptors (Lipinski definition) is 2. The molecular weight excluding hydrogens is 374 g/mol. The molecule has 3 nitrogen and oxygen atoms in total. The maximum atomic E-state index is 13.3. The van der Waals surface area contributed by atoms with Crippen LogP contribution in [-0.4, -0.2) is 18.5 Å². The van der Waals surface area contributed by atoms with E-state index in [0.717, 1.165) is 44.1 Å². The van der Waals surface area contributed by atoms with E-state index in [1.165, 1.54) is 18.6 Å². The number of nitrogens with two attached hydrogens (primary N) is 1. The van der Waals surface area contributed by atoms with Gasteiger partial charge in [0.2, 0.25) is 5.91 Å². The Morgan fingerprint density at radius 1 is 1.27 bits per heavy atom. The van der Waals surface area contributed by atoms with Crippen molar-refractivity contribution in [1.82, 2.24) is 5.32 Å². The van der Waals surface area contributed by atoms with Crippen LogP contribution in [0.5, 0.6) is 0 Å². The van der Waals surface area contributed by atoms with E-state index in [4.69, 9.17) is 17.3 Å². The second-order valence-electron chi connectivity index (χ2n) is 8.32. The van der Waals surface area contributed by atoms with Crippen LogP contribution in [0.4, 0.5) is 4.39 Å². The van der Waals surface area contributed by atoms with E-state index in [-0.39, 0.29) is 41.5 Å². The van der Waals surface area contributed by atoms with Crippen molar-refractivity contribution in [3.63, 3.8) is 0 Å². The molecule has 6 heteroatoms. The monoisotopic (exact) mass is 400 g/mol. The number of hydrogen-bond donors (Lipinski definition) is 2. The Balaban J connectivity index is 0.00000196. The Morgan fingerprint density at radius 2 is 1.92 bits per heavy atom. The van der Waals surface area contributed by atoms with Crippen molar-refractivity contribution in [3.8, 4) is 0 Å². The maximum Gasteiger partial charge on any atom is 0.223 e. The van der Waals surface area contributed by atoms with Gasteiger partial charge in [0.1, 0.15) is 5.82 Å². The minimum absolute atomic E-state index is 0. The zero-order valence-corrected chi connectivity index (χ0v) is 16.4. The minimum Gasteiger partial charge on any atom is -0.355 e. The van der Waals surface area contributed by atoms with Gasteiger partial charge in [-0.3, -0.25) is 4.79 Å². The van der Waals surface area contributed by atoms with Crippen LogP contribution in [0.3, 0.4) is 0 Å². The fourth-order valence-corrected chi connectivity index (χ4v) is 5.38. The van der Waals surface area contributed by atoms with Gasteiger partial charge in [0.15, 0.2) is 0 Å². The summed E-state index contributed by atoms with van der Waals surface area (Å²) >= 11 is 6.23. The summed E-state index contributed by atoms with van der Waals surface area (Å²) in [5, 5.41) is 3.63. The second kappa shape index (κ2) is 7.65. The number of carbonyl (C=O) groups excluding carboxylic acids is 1. The quantitative estimate of drug-likeness (QED) is 0.795. The lowest BCUT2D eigenvalue weighted by atomic mass is 9.65. The first-order valence-electron chi connectivity index (χ1n) is 9.47. The molecule has 1 aromatic carbocycles. The number of halogens is 3. The first-order valence-corrected chi connectivity index (χ1v) is 9.85. The van der Waals surface area contributed by atoms with Crippen LogP contribution in [0.15, 0.2) is 18.2 Å². The van der Waals surface area contributed by atoms with Crippen LogP contribution in [0.25, 0.3) is 0 Å². The molecule has 0 aliphatic heterocycles. The first kappa shape index (κ1) is 19.9. The topological polar surface area (TPSA) is 55.1 Å². The predicted molar refractivity (Wildman–Crippen MR) is 104 cm³/mol. The van der Waals surface area contributed by atoms with Gasteiger partial charge in [-0.2, -0.15) is 0 Å². The number of benzene rings is 1. The highest BCUT2D eigenvalue weighted by Crippen LogP contribution is 2.50. The van der Waals surface area contributed by atoms with Crippen molar-refractivity contribution >= 4 is 29.9 Å². The molecule has 1 amide bonds. The predicted octanol–water partition coefficient (Wildman–Crippen LogP) is 4.20. The highest BCUT2D eigenvalue weighted by atomic mass is 35.5. The molecule has 3 fully saturated rings. The summed E-state index contributed by atoms with van der Waals surface area (Å²) in [6.07, 6.45) is 7.40. The molecule has 2 atom stereocenters. The van der Waals surface area contributed by atoms with Crippen LogP contribution in [-0.2, 0) is 10.2 Å². The molecule has 144 valence electrons. The average Bonchev–Trinajstić information content (AvgIpc) is 3.33. The molecule has 0 saturated heterocycles. The van der Waals surface area contributed by atoms with Gasteiger partial charge in [-0.1, -0.05) is 24.1 Å². The van der Waals surface area contributed by atoms with Gasteiger partial charge in [0, 0.05) is 28.9 Å². The van der Waals surface area contributed by atoms with Gasteiger partial charge in [-0.15, -0.1) is 12.4 Å². The van der Waals surface area contributed by atoms with Crippen molar-refractivity contribution in [1.29, 1.82) is 0 Å². The van der Waals surface area contributed by atoms with Gasteiger partial charge in [-0.25, -0.2) is 4.39 Å². The Labute approximate surface area is 165 Å². The molecule has 3 saturated carbocycles. The summed E-state index contributed by atoms with van der Waals surface area (Å²) in [7, 11) is 0. The van der Waals surface area contributed by atoms with E-state index >= 15 is 0 Å². The third kappa shape index (κ3) is 3.74. The molecule has 2 bridgehead atoms. The van der Waals surface area contributed by atoms with E-state index in [1.54, 1.807) is 6.07 Å². The van der Waals surface area contributed by atoms with Gasteiger partial charge in [0.25, 0.3) is 0 Å². The zero-order valence-electron chi connectivity index (χ0n) is 14.8. The third-order valence-electron chi connectivity index (χ3n) is 6.74. The zero-order chi connectivity index (χ0) is 17.6. The molecule has 0 aromatic heterocycles. The summed E-state index contributed by atoms with van der Waals surface area (Å²) in [5.74, 6) is 0.941. The van der Waals surface area contributed by atoms with E-state index in [1.807, 2.05) is 0 Å². The summed E-state index contributed by atoms with van der Waals surface area (Å²) in [5.41, 5.74) is 7.17. The molecule has 1 aromatic rings. The summed E-state index contributed by atoms with van der Waals surface area (Å²) in [6, 6.07) is 4.86. The Bertz CT molecular complexity index is 666. The molecule has 3 aliphatic rings. The minimum atomic E-state index is -0.321. The molecule has 2 unspecified atom stereocenters. The lowest BCUT2D eigenvalue weighted by molar-refractivity contribution is -0.128.